The van der Waals surface area contributed by atoms with Crippen molar-refractivity contribution in [3.63, 3.8) is 0 Å². The molecule has 0 aliphatic carbocycles. The summed E-state index contributed by atoms with van der Waals surface area (Å²) in [5, 5.41) is 8.30. The van der Waals surface area contributed by atoms with Crippen LogP contribution in [0, 0.1) is 0 Å². The molecular formula is C45H25N7O. The Kier molecular flexibility index (Phi) is 5.62. The molecule has 7 aromatic heterocycles. The van der Waals surface area contributed by atoms with Crippen LogP contribution in [0.25, 0.3) is 111 Å². The molecule has 0 saturated heterocycles. The van der Waals surface area contributed by atoms with E-state index in [0.717, 1.165) is 105 Å². The van der Waals surface area contributed by atoms with Crippen LogP contribution >= 0.6 is 0 Å². The molecule has 53 heavy (non-hydrogen) atoms. The zero-order valence-electron chi connectivity index (χ0n) is 28.0. The maximum atomic E-state index is 6.21. The maximum Gasteiger partial charge on any atom is 0.237 e. The first kappa shape index (κ1) is 28.3. The summed E-state index contributed by atoms with van der Waals surface area (Å²) in [6.07, 6.45) is 3.65. The molecule has 246 valence electrons. The zero-order chi connectivity index (χ0) is 34.6. The Hall–Kier alpha value is -7.45. The number of pyridine rings is 3. The molecule has 0 bridgehead atoms. The third-order valence-electron chi connectivity index (χ3n) is 10.4. The van der Waals surface area contributed by atoms with Crippen molar-refractivity contribution in [3.8, 4) is 23.0 Å². The maximum absolute atomic E-state index is 6.21. The van der Waals surface area contributed by atoms with Crippen LogP contribution in [0.15, 0.2) is 156 Å². The Morgan fingerprint density at radius 2 is 1.08 bits per heavy atom. The van der Waals surface area contributed by atoms with E-state index in [-0.39, 0.29) is 0 Å². The molecule has 8 heteroatoms. The number of furan rings is 1. The van der Waals surface area contributed by atoms with E-state index < -0.39 is 0 Å². The van der Waals surface area contributed by atoms with Crippen molar-refractivity contribution in [1.82, 2.24) is 34.1 Å². The number of benzene rings is 5. The lowest BCUT2D eigenvalue weighted by Gasteiger charge is -2.14. The lowest BCUT2D eigenvalue weighted by Crippen LogP contribution is -2.05. The SMILES string of the molecule is c1ccc2c(c1)oc1ccc(-c3nc(-n4c5ccccc5c5cccnc54)nc4c3ccc3ccc(-n5c6ccccc6c6cccnc65)nc34)cc12. The van der Waals surface area contributed by atoms with Crippen molar-refractivity contribution in [1.29, 1.82) is 0 Å². The first-order chi connectivity index (χ1) is 26.3. The molecule has 7 heterocycles. The van der Waals surface area contributed by atoms with Crippen LogP contribution in [-0.4, -0.2) is 34.1 Å². The number of fused-ring (bicyclic) bond motifs is 12. The molecule has 0 atom stereocenters. The third-order valence-corrected chi connectivity index (χ3v) is 10.4. The van der Waals surface area contributed by atoms with Gasteiger partial charge in [0.1, 0.15) is 33.8 Å². The van der Waals surface area contributed by atoms with Gasteiger partial charge in [-0.2, -0.15) is 0 Å². The van der Waals surface area contributed by atoms with Crippen molar-refractivity contribution in [2.24, 2.45) is 0 Å². The predicted molar refractivity (Wildman–Crippen MR) is 212 cm³/mol. The summed E-state index contributed by atoms with van der Waals surface area (Å²) in [7, 11) is 0. The molecule has 0 saturated carbocycles. The Labute approximate surface area is 300 Å². The van der Waals surface area contributed by atoms with Gasteiger partial charge in [0, 0.05) is 61.0 Å². The molecule has 0 fully saturated rings. The van der Waals surface area contributed by atoms with E-state index in [1.165, 1.54) is 0 Å². The Bertz CT molecular complexity index is 3380. The van der Waals surface area contributed by atoms with Crippen LogP contribution < -0.4 is 0 Å². The molecular weight excluding hydrogens is 655 g/mol. The highest BCUT2D eigenvalue weighted by Gasteiger charge is 2.21. The van der Waals surface area contributed by atoms with Gasteiger partial charge in [-0.05, 0) is 78.9 Å². The highest BCUT2D eigenvalue weighted by molar-refractivity contribution is 6.12. The summed E-state index contributed by atoms with van der Waals surface area (Å²) >= 11 is 0. The fourth-order valence-electron chi connectivity index (χ4n) is 8.10. The molecule has 12 rings (SSSR count). The van der Waals surface area contributed by atoms with Gasteiger partial charge in [-0.3, -0.25) is 9.13 Å². The standard InChI is InChI=1S/C45H25N7O/c1-4-14-35-28(9-1)31-12-7-23-46-43(31)51(35)39-22-19-26-17-20-33-40(27-18-21-38-34(25-27)30-11-3-6-16-37(30)53-38)49-45(50-42(33)41(26)48-39)52-36-15-5-2-10-29(36)32-13-8-24-47-44(32)52/h1-25H. The number of nitrogens with zero attached hydrogens (tertiary/aromatic N) is 7. The summed E-state index contributed by atoms with van der Waals surface area (Å²) in [5.74, 6) is 1.29. The van der Waals surface area contributed by atoms with Crippen molar-refractivity contribution >= 4 is 87.6 Å². The molecule has 12 aromatic rings. The molecule has 0 aliphatic heterocycles. The fourth-order valence-corrected chi connectivity index (χ4v) is 8.10. The van der Waals surface area contributed by atoms with E-state index in [9.17, 15) is 0 Å². The second-order valence-corrected chi connectivity index (χ2v) is 13.3. The molecule has 8 nitrogen and oxygen atoms in total. The van der Waals surface area contributed by atoms with Crippen LogP contribution in [0.4, 0.5) is 0 Å². The largest absolute Gasteiger partial charge is 0.456 e. The van der Waals surface area contributed by atoms with Gasteiger partial charge >= 0.3 is 0 Å². The van der Waals surface area contributed by atoms with Gasteiger partial charge in [-0.1, -0.05) is 60.7 Å². The quantitative estimate of drug-likeness (QED) is 0.173. The topological polar surface area (TPSA) is 87.5 Å². The minimum absolute atomic E-state index is 0.521. The van der Waals surface area contributed by atoms with E-state index >= 15 is 0 Å². The first-order valence-corrected chi connectivity index (χ1v) is 17.5. The first-order valence-electron chi connectivity index (χ1n) is 17.5. The van der Waals surface area contributed by atoms with Gasteiger partial charge < -0.3 is 4.42 Å². The minimum atomic E-state index is 0.521. The van der Waals surface area contributed by atoms with Crippen molar-refractivity contribution < 1.29 is 4.42 Å². The Balaban J connectivity index is 1.20. The number of hydrogen-bond acceptors (Lipinski definition) is 6. The van der Waals surface area contributed by atoms with Gasteiger partial charge in [0.2, 0.25) is 5.95 Å². The average molecular weight is 680 g/mol. The van der Waals surface area contributed by atoms with Crippen LogP contribution in [0.5, 0.6) is 0 Å². The smallest absolute Gasteiger partial charge is 0.237 e. The number of rotatable bonds is 3. The monoisotopic (exact) mass is 679 g/mol. The summed E-state index contributed by atoms with van der Waals surface area (Å²) in [5.41, 5.74) is 8.62. The second kappa shape index (κ2) is 10.5. The Morgan fingerprint density at radius 1 is 0.434 bits per heavy atom. The van der Waals surface area contributed by atoms with Gasteiger partial charge in [-0.25, -0.2) is 24.9 Å². The summed E-state index contributed by atoms with van der Waals surface area (Å²) in [6, 6.07) is 47.7. The number of hydrogen-bond donors (Lipinski definition) is 0. The highest BCUT2D eigenvalue weighted by atomic mass is 16.3. The molecule has 5 aromatic carbocycles. The van der Waals surface area contributed by atoms with E-state index in [1.807, 2.05) is 54.9 Å². The fraction of sp³-hybridized carbons (Fsp3) is 0. The van der Waals surface area contributed by atoms with Gasteiger partial charge in [0.05, 0.1) is 22.2 Å². The Morgan fingerprint density at radius 3 is 1.87 bits per heavy atom. The molecule has 0 radical (unpaired) electrons. The highest BCUT2D eigenvalue weighted by Crippen LogP contribution is 2.38. The number of para-hydroxylation sites is 3. The third kappa shape index (κ3) is 3.97. The van der Waals surface area contributed by atoms with E-state index in [2.05, 4.69) is 106 Å². The normalized spacial score (nSPS) is 12.2. The average Bonchev–Trinajstić information content (AvgIpc) is 3.88. The van der Waals surface area contributed by atoms with Crippen LogP contribution in [-0.2, 0) is 0 Å². The van der Waals surface area contributed by atoms with E-state index in [0.29, 0.717) is 5.95 Å². The van der Waals surface area contributed by atoms with Crippen molar-refractivity contribution in [2.75, 3.05) is 0 Å². The van der Waals surface area contributed by atoms with E-state index in [1.54, 1.807) is 0 Å². The van der Waals surface area contributed by atoms with Crippen LogP contribution in [0.2, 0.25) is 0 Å². The molecule has 0 N–H and O–H groups in total. The van der Waals surface area contributed by atoms with Gasteiger partial charge in [0.25, 0.3) is 0 Å². The van der Waals surface area contributed by atoms with Crippen LogP contribution in [0.1, 0.15) is 0 Å². The molecule has 0 aliphatic rings. The summed E-state index contributed by atoms with van der Waals surface area (Å²) in [6.45, 7) is 0. The summed E-state index contributed by atoms with van der Waals surface area (Å²) in [4.78, 5) is 25.9. The predicted octanol–water partition coefficient (Wildman–Crippen LogP) is 10.7. The lowest BCUT2D eigenvalue weighted by atomic mass is 10.0. The lowest BCUT2D eigenvalue weighted by molar-refractivity contribution is 0.669. The molecule has 0 amide bonds. The van der Waals surface area contributed by atoms with Gasteiger partial charge in [-0.15, -0.1) is 0 Å². The van der Waals surface area contributed by atoms with Gasteiger partial charge in [0.15, 0.2) is 0 Å². The second-order valence-electron chi connectivity index (χ2n) is 13.3. The van der Waals surface area contributed by atoms with Crippen LogP contribution in [0.3, 0.4) is 0 Å². The minimum Gasteiger partial charge on any atom is -0.456 e. The van der Waals surface area contributed by atoms with E-state index in [4.69, 9.17) is 29.3 Å². The summed E-state index contributed by atoms with van der Waals surface area (Å²) < 4.78 is 10.4. The number of aromatic nitrogens is 7. The zero-order valence-corrected chi connectivity index (χ0v) is 28.0. The van der Waals surface area contributed by atoms with Crippen molar-refractivity contribution in [3.05, 3.63) is 152 Å². The molecule has 0 spiro atoms. The van der Waals surface area contributed by atoms with Crippen molar-refractivity contribution in [2.45, 2.75) is 0 Å². The molecule has 0 unspecified atom stereocenters.